The summed E-state index contributed by atoms with van der Waals surface area (Å²) < 4.78 is 2.96. The van der Waals surface area contributed by atoms with Gasteiger partial charge < -0.3 is 26.0 Å². The number of fused-ring (bicyclic) bond motifs is 1. The first-order valence-electron chi connectivity index (χ1n) is 8.36. The Morgan fingerprint density at radius 3 is 2.88 bits per heavy atom. The number of nitrogens with one attached hydrogen (secondary N) is 2. The lowest BCUT2D eigenvalue weighted by molar-refractivity contribution is 0.271. The van der Waals surface area contributed by atoms with Crippen LogP contribution in [0.15, 0.2) is 24.5 Å². The van der Waals surface area contributed by atoms with Gasteiger partial charge in [-0.3, -0.25) is 0 Å². The normalized spacial score (nSPS) is 12.3. The molecule has 1 atom stereocenters. The Morgan fingerprint density at radius 1 is 1.35 bits per heavy atom. The Balaban J connectivity index is 1.92. The SMILES string of the molecule is CCC(CO)Nc1nc(NCc2cc(I)ccc2N)c2ncn(C)c2n1. The number of aliphatic hydroxyl groups excluding tert-OH is 1. The number of nitrogens with two attached hydrogens (primary N) is 1. The first-order valence-corrected chi connectivity index (χ1v) is 9.44. The van der Waals surface area contributed by atoms with E-state index >= 15 is 0 Å². The molecule has 0 aliphatic heterocycles. The quantitative estimate of drug-likeness (QED) is 0.312. The Hall–Kier alpha value is -2.14. The van der Waals surface area contributed by atoms with Crippen LogP contribution < -0.4 is 16.4 Å². The summed E-state index contributed by atoms with van der Waals surface area (Å²) >= 11 is 2.26. The molecule has 0 radical (unpaired) electrons. The van der Waals surface area contributed by atoms with Crippen molar-refractivity contribution >= 4 is 51.2 Å². The second kappa shape index (κ2) is 8.04. The Morgan fingerprint density at radius 2 is 2.15 bits per heavy atom. The zero-order chi connectivity index (χ0) is 18.7. The minimum absolute atomic E-state index is 0.0189. The van der Waals surface area contributed by atoms with Gasteiger partial charge in [-0.15, -0.1) is 0 Å². The molecule has 0 aliphatic rings. The number of hydrogen-bond donors (Lipinski definition) is 4. The van der Waals surface area contributed by atoms with Gasteiger partial charge in [-0.1, -0.05) is 6.92 Å². The highest BCUT2D eigenvalue weighted by atomic mass is 127. The van der Waals surface area contributed by atoms with Crippen LogP contribution in [-0.4, -0.2) is 37.3 Å². The van der Waals surface area contributed by atoms with Gasteiger partial charge in [0.05, 0.1) is 19.0 Å². The minimum atomic E-state index is -0.0973. The van der Waals surface area contributed by atoms with E-state index < -0.39 is 0 Å². The Kier molecular flexibility index (Phi) is 5.77. The number of benzene rings is 1. The highest BCUT2D eigenvalue weighted by Crippen LogP contribution is 2.23. The maximum atomic E-state index is 9.43. The molecule has 0 saturated heterocycles. The van der Waals surface area contributed by atoms with Crippen molar-refractivity contribution in [3.8, 4) is 0 Å². The number of aryl methyl sites for hydroxylation is 1. The van der Waals surface area contributed by atoms with Crippen LogP contribution in [0.25, 0.3) is 11.2 Å². The molecule has 2 heterocycles. The number of rotatable bonds is 7. The fourth-order valence-electron chi connectivity index (χ4n) is 2.56. The zero-order valence-electron chi connectivity index (χ0n) is 14.7. The molecule has 0 bridgehead atoms. The van der Waals surface area contributed by atoms with Crippen molar-refractivity contribution in [2.24, 2.45) is 7.05 Å². The van der Waals surface area contributed by atoms with E-state index in [1.165, 1.54) is 0 Å². The molecule has 9 heteroatoms. The van der Waals surface area contributed by atoms with Crippen LogP contribution in [0.2, 0.25) is 0 Å². The van der Waals surface area contributed by atoms with E-state index in [0.717, 1.165) is 21.2 Å². The molecule has 3 aromatic rings. The van der Waals surface area contributed by atoms with Gasteiger partial charge in [0.15, 0.2) is 17.0 Å². The minimum Gasteiger partial charge on any atom is -0.398 e. The predicted octanol–water partition coefficient (Wildman–Crippen LogP) is 2.34. The largest absolute Gasteiger partial charge is 0.398 e. The molecule has 0 saturated carbocycles. The number of nitrogen functional groups attached to an aromatic ring is 1. The van der Waals surface area contributed by atoms with Crippen molar-refractivity contribution in [2.75, 3.05) is 23.0 Å². The number of aromatic nitrogens is 4. The van der Waals surface area contributed by atoms with Gasteiger partial charge in [0.2, 0.25) is 5.95 Å². The number of nitrogens with zero attached hydrogens (tertiary/aromatic N) is 4. The fourth-order valence-corrected chi connectivity index (χ4v) is 3.12. The second-order valence-electron chi connectivity index (χ2n) is 6.05. The third kappa shape index (κ3) is 3.98. The molecule has 0 fully saturated rings. The molecule has 0 aliphatic carbocycles. The Bertz CT molecular complexity index is 908. The van der Waals surface area contributed by atoms with Crippen molar-refractivity contribution in [3.05, 3.63) is 33.7 Å². The summed E-state index contributed by atoms with van der Waals surface area (Å²) in [4.78, 5) is 13.5. The average Bonchev–Trinajstić information content (AvgIpc) is 3.01. The molecule has 3 rings (SSSR count). The molecule has 0 amide bonds. The van der Waals surface area contributed by atoms with Crippen molar-refractivity contribution in [1.82, 2.24) is 19.5 Å². The second-order valence-corrected chi connectivity index (χ2v) is 7.30. The lowest BCUT2D eigenvalue weighted by Crippen LogP contribution is -2.24. The van der Waals surface area contributed by atoms with Gasteiger partial charge in [-0.25, -0.2) is 4.98 Å². The third-order valence-electron chi connectivity index (χ3n) is 4.16. The fraction of sp³-hybridized carbons (Fsp3) is 0.353. The van der Waals surface area contributed by atoms with Crippen molar-refractivity contribution < 1.29 is 5.11 Å². The number of halogens is 1. The maximum absolute atomic E-state index is 9.43. The lowest BCUT2D eigenvalue weighted by atomic mass is 10.2. The molecular formula is C17H22IN7O. The van der Waals surface area contributed by atoms with E-state index in [4.69, 9.17) is 5.73 Å². The Labute approximate surface area is 165 Å². The van der Waals surface area contributed by atoms with E-state index in [1.54, 1.807) is 6.33 Å². The van der Waals surface area contributed by atoms with Gasteiger partial charge in [0.1, 0.15) is 0 Å². The molecule has 138 valence electrons. The molecule has 1 aromatic carbocycles. The highest BCUT2D eigenvalue weighted by Gasteiger charge is 2.14. The van der Waals surface area contributed by atoms with Gasteiger partial charge >= 0.3 is 0 Å². The molecule has 2 aromatic heterocycles. The molecule has 1 unspecified atom stereocenters. The van der Waals surface area contributed by atoms with E-state index in [-0.39, 0.29) is 12.6 Å². The molecule has 26 heavy (non-hydrogen) atoms. The monoisotopic (exact) mass is 467 g/mol. The summed E-state index contributed by atoms with van der Waals surface area (Å²) in [5.74, 6) is 1.09. The molecular weight excluding hydrogens is 445 g/mol. The summed E-state index contributed by atoms with van der Waals surface area (Å²) in [6.45, 7) is 2.54. The number of hydrogen-bond acceptors (Lipinski definition) is 7. The summed E-state index contributed by atoms with van der Waals surface area (Å²) in [5, 5.41) is 15.9. The first kappa shape index (κ1) is 18.6. The number of aliphatic hydroxyl groups is 1. The first-order chi connectivity index (χ1) is 12.5. The zero-order valence-corrected chi connectivity index (χ0v) is 16.9. The number of anilines is 3. The lowest BCUT2D eigenvalue weighted by Gasteiger charge is -2.15. The van der Waals surface area contributed by atoms with E-state index in [0.29, 0.717) is 29.5 Å². The highest BCUT2D eigenvalue weighted by molar-refractivity contribution is 14.1. The topological polar surface area (TPSA) is 114 Å². The van der Waals surface area contributed by atoms with Gasteiger partial charge in [-0.05, 0) is 52.8 Å². The molecule has 8 nitrogen and oxygen atoms in total. The van der Waals surface area contributed by atoms with E-state index in [1.807, 2.05) is 36.7 Å². The predicted molar refractivity (Wildman–Crippen MR) is 112 cm³/mol. The van der Waals surface area contributed by atoms with Crippen LogP contribution in [-0.2, 0) is 13.6 Å². The molecule has 5 N–H and O–H groups in total. The van der Waals surface area contributed by atoms with E-state index in [2.05, 4.69) is 48.2 Å². The van der Waals surface area contributed by atoms with Gasteiger partial charge in [0, 0.05) is 22.8 Å². The van der Waals surface area contributed by atoms with Crippen LogP contribution in [0.1, 0.15) is 18.9 Å². The average molecular weight is 467 g/mol. The maximum Gasteiger partial charge on any atom is 0.227 e. The van der Waals surface area contributed by atoms with Gasteiger partial charge in [0.25, 0.3) is 0 Å². The number of imidazole rings is 1. The van der Waals surface area contributed by atoms with Crippen LogP contribution >= 0.6 is 22.6 Å². The standard InChI is InChI=1S/C17H22IN7O/c1-3-12(8-26)22-17-23-15(14-16(24-17)25(2)9-21-14)20-7-10-6-11(18)4-5-13(10)19/h4-6,9,12,26H,3,7-8,19H2,1-2H3,(H2,20,22,23,24). The molecule has 0 spiro atoms. The van der Waals surface area contributed by atoms with Crippen molar-refractivity contribution in [1.29, 1.82) is 0 Å². The smallest absolute Gasteiger partial charge is 0.227 e. The van der Waals surface area contributed by atoms with Crippen LogP contribution in [0.4, 0.5) is 17.5 Å². The van der Waals surface area contributed by atoms with Crippen LogP contribution in [0.5, 0.6) is 0 Å². The van der Waals surface area contributed by atoms with Crippen LogP contribution in [0, 0.1) is 3.57 Å². The summed E-state index contributed by atoms with van der Waals surface area (Å²) in [5.41, 5.74) is 9.20. The van der Waals surface area contributed by atoms with Crippen molar-refractivity contribution in [3.63, 3.8) is 0 Å². The van der Waals surface area contributed by atoms with Crippen molar-refractivity contribution in [2.45, 2.75) is 25.9 Å². The van der Waals surface area contributed by atoms with E-state index in [9.17, 15) is 5.11 Å². The summed E-state index contributed by atoms with van der Waals surface area (Å²) in [6.07, 6.45) is 2.47. The third-order valence-corrected chi connectivity index (χ3v) is 4.83. The summed E-state index contributed by atoms with van der Waals surface area (Å²) in [6, 6.07) is 5.82. The van der Waals surface area contributed by atoms with Gasteiger partial charge in [-0.2, -0.15) is 9.97 Å². The summed E-state index contributed by atoms with van der Waals surface area (Å²) in [7, 11) is 1.89. The van der Waals surface area contributed by atoms with Crippen LogP contribution in [0.3, 0.4) is 0 Å².